The topological polar surface area (TPSA) is 3.24 Å². The first kappa shape index (κ1) is 11.4. The Labute approximate surface area is 95.2 Å². The predicted octanol–water partition coefficient (Wildman–Crippen LogP) is 3.54. The Hall–Kier alpha value is -0.0400. The number of rotatable bonds is 2. The fourth-order valence-electron chi connectivity index (χ4n) is 3.98. The van der Waals surface area contributed by atoms with Gasteiger partial charge in [0, 0.05) is 18.6 Å². The van der Waals surface area contributed by atoms with Crippen molar-refractivity contribution in [2.45, 2.75) is 65.5 Å². The zero-order chi connectivity index (χ0) is 11.0. The van der Waals surface area contributed by atoms with Gasteiger partial charge in [0.05, 0.1) is 0 Å². The minimum atomic E-state index is 0.739. The quantitative estimate of drug-likeness (QED) is 0.672. The number of likely N-dealkylation sites (tertiary alicyclic amines) is 1. The van der Waals surface area contributed by atoms with E-state index in [1.165, 1.54) is 32.2 Å². The molecule has 0 amide bonds. The van der Waals surface area contributed by atoms with E-state index in [1.54, 1.807) is 0 Å². The molecule has 1 saturated carbocycles. The van der Waals surface area contributed by atoms with Crippen molar-refractivity contribution >= 4 is 0 Å². The van der Waals surface area contributed by atoms with E-state index in [0.717, 1.165) is 29.8 Å². The molecule has 0 aromatic rings. The lowest BCUT2D eigenvalue weighted by molar-refractivity contribution is 0.133. The Bertz CT molecular complexity index is 207. The zero-order valence-electron chi connectivity index (χ0n) is 10.9. The average Bonchev–Trinajstić information content (AvgIpc) is 2.56. The van der Waals surface area contributed by atoms with E-state index in [1.807, 2.05) is 0 Å². The molecule has 15 heavy (non-hydrogen) atoms. The summed E-state index contributed by atoms with van der Waals surface area (Å²) in [6, 6.07) is 1.61. The molecule has 1 saturated heterocycles. The number of hydrogen-bond acceptors (Lipinski definition) is 1. The Morgan fingerprint density at radius 1 is 1.00 bits per heavy atom. The molecular formula is C14H27N. The second-order valence-corrected chi connectivity index (χ2v) is 6.23. The van der Waals surface area contributed by atoms with Crippen LogP contribution in [-0.4, -0.2) is 23.5 Å². The SMILES string of the molecule is CC(C)C1C2CCCCC2CN1C(C)C. The van der Waals surface area contributed by atoms with Crippen LogP contribution in [0.4, 0.5) is 0 Å². The van der Waals surface area contributed by atoms with Crippen LogP contribution in [0.5, 0.6) is 0 Å². The highest BCUT2D eigenvalue weighted by atomic mass is 15.2. The van der Waals surface area contributed by atoms with Crippen molar-refractivity contribution in [3.8, 4) is 0 Å². The molecule has 1 nitrogen and oxygen atoms in total. The Morgan fingerprint density at radius 2 is 1.67 bits per heavy atom. The summed E-state index contributed by atoms with van der Waals surface area (Å²) in [6.45, 7) is 10.9. The summed E-state index contributed by atoms with van der Waals surface area (Å²) in [5.74, 6) is 2.87. The lowest BCUT2D eigenvalue weighted by Gasteiger charge is -2.35. The van der Waals surface area contributed by atoms with Crippen molar-refractivity contribution in [3.63, 3.8) is 0 Å². The van der Waals surface area contributed by atoms with Gasteiger partial charge in [-0.25, -0.2) is 0 Å². The third kappa shape index (κ3) is 2.08. The summed E-state index contributed by atoms with van der Waals surface area (Å²) in [5, 5.41) is 0. The third-order valence-electron chi connectivity index (χ3n) is 4.58. The fraction of sp³-hybridized carbons (Fsp3) is 1.00. The molecule has 1 heterocycles. The first-order chi connectivity index (χ1) is 7.11. The molecule has 3 unspecified atom stereocenters. The van der Waals surface area contributed by atoms with Gasteiger partial charge in [0.25, 0.3) is 0 Å². The third-order valence-corrected chi connectivity index (χ3v) is 4.58. The van der Waals surface area contributed by atoms with Crippen molar-refractivity contribution in [3.05, 3.63) is 0 Å². The van der Waals surface area contributed by atoms with Crippen LogP contribution in [0.25, 0.3) is 0 Å². The molecule has 0 aromatic heterocycles. The molecule has 2 fully saturated rings. The molecule has 0 N–H and O–H groups in total. The van der Waals surface area contributed by atoms with Gasteiger partial charge in [0.15, 0.2) is 0 Å². The average molecular weight is 209 g/mol. The van der Waals surface area contributed by atoms with Crippen molar-refractivity contribution in [1.29, 1.82) is 0 Å². The van der Waals surface area contributed by atoms with Gasteiger partial charge < -0.3 is 0 Å². The largest absolute Gasteiger partial charge is 0.297 e. The summed E-state index contributed by atoms with van der Waals surface area (Å²) in [6.07, 6.45) is 5.96. The van der Waals surface area contributed by atoms with Crippen LogP contribution in [0.2, 0.25) is 0 Å². The summed E-state index contributed by atoms with van der Waals surface area (Å²) in [4.78, 5) is 2.78. The van der Waals surface area contributed by atoms with Gasteiger partial charge in [-0.3, -0.25) is 4.90 Å². The molecule has 2 rings (SSSR count). The van der Waals surface area contributed by atoms with E-state index in [0.29, 0.717) is 0 Å². The van der Waals surface area contributed by atoms with Crippen LogP contribution in [0.1, 0.15) is 53.4 Å². The lowest BCUT2D eigenvalue weighted by atomic mass is 9.76. The van der Waals surface area contributed by atoms with Crippen LogP contribution in [0.15, 0.2) is 0 Å². The monoisotopic (exact) mass is 209 g/mol. The van der Waals surface area contributed by atoms with E-state index in [4.69, 9.17) is 0 Å². The highest BCUT2D eigenvalue weighted by Gasteiger charge is 2.44. The second kappa shape index (κ2) is 4.45. The molecule has 0 radical (unpaired) electrons. The normalized spacial score (nSPS) is 37.6. The van der Waals surface area contributed by atoms with Crippen LogP contribution in [0, 0.1) is 17.8 Å². The summed E-state index contributed by atoms with van der Waals surface area (Å²) >= 11 is 0. The molecule has 1 aliphatic heterocycles. The Balaban J connectivity index is 2.14. The highest BCUT2D eigenvalue weighted by Crippen LogP contribution is 2.43. The molecule has 0 aromatic carbocycles. The van der Waals surface area contributed by atoms with Gasteiger partial charge in [-0.2, -0.15) is 0 Å². The van der Waals surface area contributed by atoms with Crippen molar-refractivity contribution < 1.29 is 0 Å². The minimum Gasteiger partial charge on any atom is -0.297 e. The molecule has 0 spiro atoms. The maximum atomic E-state index is 2.78. The molecule has 1 aliphatic carbocycles. The summed E-state index contributed by atoms with van der Waals surface area (Å²) < 4.78 is 0. The summed E-state index contributed by atoms with van der Waals surface area (Å²) in [7, 11) is 0. The van der Waals surface area contributed by atoms with Crippen molar-refractivity contribution in [2.24, 2.45) is 17.8 Å². The van der Waals surface area contributed by atoms with Crippen LogP contribution in [-0.2, 0) is 0 Å². The second-order valence-electron chi connectivity index (χ2n) is 6.23. The van der Waals surface area contributed by atoms with Gasteiger partial charge in [-0.15, -0.1) is 0 Å². The smallest absolute Gasteiger partial charge is 0.0152 e. The molecule has 1 heteroatoms. The molecule has 2 aliphatic rings. The van der Waals surface area contributed by atoms with Gasteiger partial charge in [0.2, 0.25) is 0 Å². The fourth-order valence-corrected chi connectivity index (χ4v) is 3.98. The highest BCUT2D eigenvalue weighted by molar-refractivity contribution is 4.97. The van der Waals surface area contributed by atoms with Crippen LogP contribution < -0.4 is 0 Å². The lowest BCUT2D eigenvalue weighted by Crippen LogP contribution is -2.41. The minimum absolute atomic E-state index is 0.739. The predicted molar refractivity (Wildman–Crippen MR) is 65.9 cm³/mol. The number of nitrogens with zero attached hydrogens (tertiary/aromatic N) is 1. The van der Waals surface area contributed by atoms with E-state index in [9.17, 15) is 0 Å². The maximum absolute atomic E-state index is 2.78. The Morgan fingerprint density at radius 3 is 2.27 bits per heavy atom. The summed E-state index contributed by atoms with van der Waals surface area (Å²) in [5.41, 5.74) is 0. The molecule has 0 bridgehead atoms. The van der Waals surface area contributed by atoms with E-state index in [-0.39, 0.29) is 0 Å². The van der Waals surface area contributed by atoms with E-state index in [2.05, 4.69) is 32.6 Å². The standard InChI is InChI=1S/C14H27N/c1-10(2)14-13-8-6-5-7-12(13)9-15(14)11(3)4/h10-14H,5-9H2,1-4H3. The first-order valence-electron chi connectivity index (χ1n) is 6.87. The van der Waals surface area contributed by atoms with Crippen molar-refractivity contribution in [1.82, 2.24) is 4.90 Å². The van der Waals surface area contributed by atoms with Gasteiger partial charge in [0.1, 0.15) is 0 Å². The number of hydrogen-bond donors (Lipinski definition) is 0. The van der Waals surface area contributed by atoms with Crippen LogP contribution >= 0.6 is 0 Å². The van der Waals surface area contributed by atoms with E-state index < -0.39 is 0 Å². The maximum Gasteiger partial charge on any atom is 0.0152 e. The zero-order valence-corrected chi connectivity index (χ0v) is 10.9. The van der Waals surface area contributed by atoms with Gasteiger partial charge in [-0.1, -0.05) is 26.7 Å². The number of fused-ring (bicyclic) bond motifs is 1. The molecule has 3 atom stereocenters. The van der Waals surface area contributed by atoms with Crippen molar-refractivity contribution in [2.75, 3.05) is 6.54 Å². The van der Waals surface area contributed by atoms with E-state index >= 15 is 0 Å². The molecule has 88 valence electrons. The first-order valence-corrected chi connectivity index (χ1v) is 6.87. The van der Waals surface area contributed by atoms with Crippen LogP contribution in [0.3, 0.4) is 0 Å². The Kier molecular flexibility index (Phi) is 3.39. The van der Waals surface area contributed by atoms with Gasteiger partial charge in [-0.05, 0) is 44.4 Å². The molecular weight excluding hydrogens is 182 g/mol. The van der Waals surface area contributed by atoms with Gasteiger partial charge >= 0.3 is 0 Å².